The van der Waals surface area contributed by atoms with E-state index >= 15 is 0 Å². The highest BCUT2D eigenvalue weighted by atomic mass is 19.2. The van der Waals surface area contributed by atoms with E-state index in [0.29, 0.717) is 5.56 Å². The first-order valence-electron chi connectivity index (χ1n) is 22.8. The van der Waals surface area contributed by atoms with Crippen molar-refractivity contribution >= 4 is 55.9 Å². The van der Waals surface area contributed by atoms with Crippen molar-refractivity contribution < 1.29 is 13.2 Å². The lowest BCUT2D eigenvalue weighted by molar-refractivity contribution is 0.127. The van der Waals surface area contributed by atoms with E-state index in [0.717, 1.165) is 58.9 Å². The number of aromatic nitrogens is 1. The fourth-order valence-corrected chi connectivity index (χ4v) is 12.8. The summed E-state index contributed by atoms with van der Waals surface area (Å²) in [5.74, 6) is -3.64. The summed E-state index contributed by atoms with van der Waals surface area (Å²) in [6, 6.07) is 43.8. The van der Waals surface area contributed by atoms with Crippen LogP contribution in [0.4, 0.5) is 47.3 Å². The molecule has 0 N–H and O–H groups in total. The van der Waals surface area contributed by atoms with Gasteiger partial charge in [0.15, 0.2) is 17.5 Å². The molecule has 0 unspecified atom stereocenters. The highest BCUT2D eigenvalue weighted by Gasteiger charge is 2.63. The molecule has 6 heteroatoms. The van der Waals surface area contributed by atoms with Gasteiger partial charge in [-0.3, -0.25) is 0 Å². The summed E-state index contributed by atoms with van der Waals surface area (Å²) >= 11 is 0. The van der Waals surface area contributed by atoms with Crippen LogP contribution in [0.15, 0.2) is 121 Å². The van der Waals surface area contributed by atoms with E-state index in [1.165, 1.54) is 79.4 Å². The van der Waals surface area contributed by atoms with E-state index in [1.54, 1.807) is 0 Å². The molecule has 0 radical (unpaired) electrons. The Labute approximate surface area is 373 Å². The van der Waals surface area contributed by atoms with Crippen molar-refractivity contribution in [1.29, 1.82) is 0 Å². The molecule has 2 aliphatic heterocycles. The number of hydrogen-bond donors (Lipinski definition) is 0. The van der Waals surface area contributed by atoms with Gasteiger partial charge >= 0.3 is 0 Å². The maximum atomic E-state index is 14.8. The lowest BCUT2D eigenvalue weighted by Crippen LogP contribution is -2.47. The van der Waals surface area contributed by atoms with Crippen LogP contribution in [0.2, 0.25) is 0 Å². The van der Waals surface area contributed by atoms with Gasteiger partial charge in [-0.25, -0.2) is 13.2 Å². The maximum absolute atomic E-state index is 14.8. The fourth-order valence-electron chi connectivity index (χ4n) is 12.8. The predicted octanol–water partition coefficient (Wildman–Crippen LogP) is 15.9. The topological polar surface area (TPSA) is 11.4 Å². The van der Waals surface area contributed by atoms with Crippen LogP contribution < -0.4 is 9.80 Å². The summed E-state index contributed by atoms with van der Waals surface area (Å²) < 4.78 is 46.3. The van der Waals surface area contributed by atoms with Gasteiger partial charge in [0.1, 0.15) is 0 Å². The van der Waals surface area contributed by atoms with Gasteiger partial charge in [-0.05, 0) is 154 Å². The molecule has 3 fully saturated rings. The smallest absolute Gasteiger partial charge is 0.194 e. The van der Waals surface area contributed by atoms with Crippen LogP contribution >= 0.6 is 0 Å². The molecule has 2 bridgehead atoms. The van der Waals surface area contributed by atoms with Gasteiger partial charge < -0.3 is 14.4 Å². The SMILES string of the molecule is Cc1ccc2c(c1)C(C)(C)c1cc(C)ccc1N2c1ccc2c(c1)c1cc(N3c4ccc(C)cc4C(C)(C)c4cc(C)ccc43)ccc1n2C12CCC(c3cc(F)c(F)c(F)c3)(C1)C2. The highest BCUT2D eigenvalue weighted by Crippen LogP contribution is 2.68. The number of aryl methyl sites for hydroxylation is 4. The van der Waals surface area contributed by atoms with E-state index in [4.69, 9.17) is 0 Å². The second kappa shape index (κ2) is 12.9. The summed E-state index contributed by atoms with van der Waals surface area (Å²) in [6.45, 7) is 18.1. The Morgan fingerprint density at radius 1 is 0.438 bits per heavy atom. The quantitative estimate of drug-likeness (QED) is 0.164. The Balaban J connectivity index is 1.09. The van der Waals surface area contributed by atoms with E-state index in [1.807, 2.05) is 0 Å². The number of hydrogen-bond acceptors (Lipinski definition) is 2. The molecule has 3 heterocycles. The van der Waals surface area contributed by atoms with Gasteiger partial charge in [0.05, 0.1) is 22.7 Å². The van der Waals surface area contributed by atoms with Crippen LogP contribution in [0.1, 0.15) is 103 Å². The lowest BCUT2D eigenvalue weighted by Gasteiger charge is -2.49. The van der Waals surface area contributed by atoms with Crippen LogP contribution in [0, 0.1) is 45.1 Å². The summed E-state index contributed by atoms with van der Waals surface area (Å²) in [7, 11) is 0. The van der Waals surface area contributed by atoms with Gasteiger partial charge in [0, 0.05) is 55.0 Å². The average Bonchev–Trinajstić information content (AvgIpc) is 3.93. The van der Waals surface area contributed by atoms with Crippen LogP contribution in [-0.4, -0.2) is 4.57 Å². The Kier molecular flexibility index (Phi) is 7.95. The number of benzene rings is 7. The summed E-state index contributed by atoms with van der Waals surface area (Å²) in [4.78, 5) is 4.90. The van der Waals surface area contributed by atoms with Gasteiger partial charge in [0.25, 0.3) is 0 Å². The second-order valence-corrected chi connectivity index (χ2v) is 20.9. The third-order valence-electron chi connectivity index (χ3n) is 16.0. The number of rotatable bonds is 4. The molecule has 3 nitrogen and oxygen atoms in total. The first-order valence-corrected chi connectivity index (χ1v) is 22.8. The van der Waals surface area contributed by atoms with E-state index in [9.17, 15) is 13.2 Å². The van der Waals surface area contributed by atoms with Crippen molar-refractivity contribution in [1.82, 2.24) is 4.57 Å². The van der Waals surface area contributed by atoms with Gasteiger partial charge in [-0.1, -0.05) is 98.5 Å². The van der Waals surface area contributed by atoms with Crippen molar-refractivity contribution in [3.05, 3.63) is 189 Å². The van der Waals surface area contributed by atoms with E-state index in [-0.39, 0.29) is 16.4 Å². The Morgan fingerprint density at radius 2 is 0.812 bits per heavy atom. The minimum absolute atomic E-state index is 0.199. The van der Waals surface area contributed by atoms with Crippen molar-refractivity contribution in [2.75, 3.05) is 9.80 Å². The monoisotopic (exact) mass is 847 g/mol. The van der Waals surface area contributed by atoms with Crippen molar-refractivity contribution in [3.63, 3.8) is 0 Å². The predicted molar refractivity (Wildman–Crippen MR) is 256 cm³/mol. The zero-order chi connectivity index (χ0) is 44.4. The Morgan fingerprint density at radius 3 is 1.19 bits per heavy atom. The van der Waals surface area contributed by atoms with Crippen molar-refractivity contribution in [2.45, 2.75) is 103 Å². The minimum atomic E-state index is -1.40. The largest absolute Gasteiger partial charge is 0.334 e. The molecule has 13 rings (SSSR count). The minimum Gasteiger partial charge on any atom is -0.334 e. The molecule has 0 spiro atoms. The third kappa shape index (κ3) is 5.23. The fraction of sp³-hybridized carbons (Fsp3) is 0.276. The summed E-state index contributed by atoms with van der Waals surface area (Å²) in [6.07, 6.45) is 3.10. The number of anilines is 6. The number of fused-ring (bicyclic) bond motifs is 8. The molecular formula is C58H52F3N3. The molecule has 5 aliphatic rings. The number of nitrogens with zero attached hydrogens (tertiary/aromatic N) is 3. The third-order valence-corrected chi connectivity index (χ3v) is 16.0. The average molecular weight is 848 g/mol. The molecule has 1 aromatic heterocycles. The van der Waals surface area contributed by atoms with E-state index in [2.05, 4.69) is 179 Å². The van der Waals surface area contributed by atoms with Gasteiger partial charge in [-0.15, -0.1) is 0 Å². The van der Waals surface area contributed by atoms with Crippen LogP contribution in [0.5, 0.6) is 0 Å². The normalized spacial score (nSPS) is 21.1. The van der Waals surface area contributed by atoms with Gasteiger partial charge in [-0.2, -0.15) is 0 Å². The first kappa shape index (κ1) is 39.3. The molecule has 3 saturated carbocycles. The Bertz CT molecular complexity index is 3030. The molecule has 0 saturated heterocycles. The molecular weight excluding hydrogens is 796 g/mol. The standard InChI is InChI=1S/C58H52F3N3/c1-33-9-15-50-42(23-33)55(5,6)43-24-34(2)10-16-51(43)62(50)38-13-19-48-40(29-38)41-30-39(63-52-17-11-35(3)25-44(52)56(7,8)45-26-36(4)12-18-53(45)63)14-20-49(41)64(48)58-22-21-57(31-58,32-58)37-27-46(59)54(61)47(60)28-37/h9-20,23-30H,21-22,31-32H2,1-8H3. The molecule has 3 aliphatic carbocycles. The zero-order valence-electron chi connectivity index (χ0n) is 37.9. The van der Waals surface area contributed by atoms with Gasteiger partial charge in [0.2, 0.25) is 0 Å². The summed E-state index contributed by atoms with van der Waals surface area (Å²) in [5, 5.41) is 2.31. The molecule has 8 aromatic rings. The van der Waals surface area contributed by atoms with E-state index < -0.39 is 22.9 Å². The second-order valence-electron chi connectivity index (χ2n) is 20.9. The first-order chi connectivity index (χ1) is 30.5. The molecule has 64 heavy (non-hydrogen) atoms. The van der Waals surface area contributed by atoms with Crippen molar-refractivity contribution in [2.24, 2.45) is 0 Å². The Hall–Kier alpha value is -6.27. The highest BCUT2D eigenvalue weighted by molar-refractivity contribution is 6.11. The maximum Gasteiger partial charge on any atom is 0.194 e. The van der Waals surface area contributed by atoms with Crippen LogP contribution in [-0.2, 0) is 21.8 Å². The molecule has 0 atom stereocenters. The van der Waals surface area contributed by atoms with Crippen molar-refractivity contribution in [3.8, 4) is 0 Å². The lowest BCUT2D eigenvalue weighted by atomic mass is 9.61. The zero-order valence-corrected chi connectivity index (χ0v) is 37.9. The van der Waals surface area contributed by atoms with Crippen LogP contribution in [0.3, 0.4) is 0 Å². The molecule has 7 aromatic carbocycles. The van der Waals surface area contributed by atoms with Crippen LogP contribution in [0.25, 0.3) is 21.8 Å². The number of halogens is 3. The summed E-state index contributed by atoms with van der Waals surface area (Å²) in [5.41, 5.74) is 18.8. The molecule has 320 valence electrons. The molecule has 0 amide bonds.